The molecule has 0 unspecified atom stereocenters. The van der Waals surface area contributed by atoms with E-state index in [2.05, 4.69) is 15.9 Å². The van der Waals surface area contributed by atoms with Crippen LogP contribution in [0.25, 0.3) is 0 Å². The van der Waals surface area contributed by atoms with Crippen molar-refractivity contribution < 1.29 is 9.47 Å². The zero-order valence-electron chi connectivity index (χ0n) is 7.75. The largest absolute Gasteiger partial charge is 0.489 e. The summed E-state index contributed by atoms with van der Waals surface area (Å²) in [5.74, 6) is 1.57. The Kier molecular flexibility index (Phi) is 2.93. The Labute approximate surface area is 91.3 Å². The Balaban J connectivity index is 2.49. The number of rotatable bonds is 1. The summed E-state index contributed by atoms with van der Waals surface area (Å²) in [4.78, 5) is 0. The fourth-order valence-electron chi connectivity index (χ4n) is 1.44. The molecule has 3 nitrogen and oxygen atoms in total. The van der Waals surface area contributed by atoms with Crippen molar-refractivity contribution in [2.45, 2.75) is 13.0 Å². The van der Waals surface area contributed by atoms with Crippen molar-refractivity contribution in [3.8, 4) is 11.5 Å². The highest BCUT2D eigenvalue weighted by molar-refractivity contribution is 9.10. The molecule has 1 aromatic rings. The van der Waals surface area contributed by atoms with Gasteiger partial charge in [0.05, 0.1) is 17.7 Å². The highest BCUT2D eigenvalue weighted by atomic mass is 79.9. The molecule has 0 amide bonds. The Bertz CT molecular complexity index is 341. The van der Waals surface area contributed by atoms with Crippen LogP contribution in [-0.2, 0) is 6.54 Å². The van der Waals surface area contributed by atoms with Crippen LogP contribution in [0.2, 0.25) is 0 Å². The van der Waals surface area contributed by atoms with Gasteiger partial charge in [0.25, 0.3) is 0 Å². The van der Waals surface area contributed by atoms with Gasteiger partial charge in [-0.15, -0.1) is 0 Å². The summed E-state index contributed by atoms with van der Waals surface area (Å²) < 4.78 is 12.1. The molecule has 0 radical (unpaired) electrons. The van der Waals surface area contributed by atoms with Gasteiger partial charge in [0.15, 0.2) is 11.5 Å². The van der Waals surface area contributed by atoms with E-state index in [9.17, 15) is 0 Å². The van der Waals surface area contributed by atoms with Gasteiger partial charge < -0.3 is 15.2 Å². The van der Waals surface area contributed by atoms with Crippen molar-refractivity contribution in [2.24, 2.45) is 5.73 Å². The highest BCUT2D eigenvalue weighted by Gasteiger charge is 2.16. The van der Waals surface area contributed by atoms with Gasteiger partial charge in [0.1, 0.15) is 0 Å². The minimum atomic E-state index is 0.471. The van der Waals surface area contributed by atoms with Crippen LogP contribution in [0.15, 0.2) is 16.6 Å². The summed E-state index contributed by atoms with van der Waals surface area (Å²) in [5, 5.41) is 0. The Morgan fingerprint density at radius 1 is 1.21 bits per heavy atom. The van der Waals surface area contributed by atoms with E-state index in [1.165, 1.54) is 0 Å². The number of hydrogen-bond acceptors (Lipinski definition) is 3. The van der Waals surface area contributed by atoms with Crippen LogP contribution in [-0.4, -0.2) is 13.2 Å². The molecule has 0 aromatic heterocycles. The van der Waals surface area contributed by atoms with E-state index >= 15 is 0 Å². The summed E-state index contributed by atoms with van der Waals surface area (Å²) in [6.45, 7) is 1.86. The van der Waals surface area contributed by atoms with Gasteiger partial charge in [-0.2, -0.15) is 0 Å². The van der Waals surface area contributed by atoms with Gasteiger partial charge in [-0.3, -0.25) is 0 Å². The van der Waals surface area contributed by atoms with E-state index in [1.54, 1.807) is 0 Å². The minimum Gasteiger partial charge on any atom is -0.489 e. The van der Waals surface area contributed by atoms with Crippen molar-refractivity contribution in [3.63, 3.8) is 0 Å². The van der Waals surface area contributed by atoms with Crippen LogP contribution >= 0.6 is 15.9 Å². The average Bonchev–Trinajstić information content (AvgIpc) is 2.44. The molecule has 0 fully saturated rings. The third kappa shape index (κ3) is 1.72. The standard InChI is InChI=1S/C10H12BrNO2/c11-8-3-2-7(6-12)9-10(8)14-5-1-4-13-9/h2-3H,1,4-6,12H2. The molecular weight excluding hydrogens is 246 g/mol. The maximum Gasteiger partial charge on any atom is 0.175 e. The van der Waals surface area contributed by atoms with E-state index in [0.29, 0.717) is 19.8 Å². The first-order valence-electron chi connectivity index (χ1n) is 4.60. The zero-order chi connectivity index (χ0) is 9.97. The Morgan fingerprint density at radius 3 is 2.64 bits per heavy atom. The van der Waals surface area contributed by atoms with E-state index in [1.807, 2.05) is 12.1 Å². The molecular formula is C10H12BrNO2. The van der Waals surface area contributed by atoms with E-state index < -0.39 is 0 Å². The monoisotopic (exact) mass is 257 g/mol. The number of ether oxygens (including phenoxy) is 2. The zero-order valence-corrected chi connectivity index (χ0v) is 9.34. The van der Waals surface area contributed by atoms with E-state index in [-0.39, 0.29) is 0 Å². The van der Waals surface area contributed by atoms with Crippen LogP contribution < -0.4 is 15.2 Å². The maximum atomic E-state index is 5.62. The van der Waals surface area contributed by atoms with Crippen molar-refractivity contribution in [3.05, 3.63) is 22.2 Å². The summed E-state index contributed by atoms with van der Waals surface area (Å²) in [7, 11) is 0. The lowest BCUT2D eigenvalue weighted by molar-refractivity contribution is 0.295. The normalized spacial score (nSPS) is 15.0. The number of halogens is 1. The smallest absolute Gasteiger partial charge is 0.175 e. The SMILES string of the molecule is NCc1ccc(Br)c2c1OCCCO2. The molecule has 1 aliphatic heterocycles. The van der Waals surface area contributed by atoms with Gasteiger partial charge in [0.2, 0.25) is 0 Å². The lowest BCUT2D eigenvalue weighted by Gasteiger charge is -2.12. The molecule has 0 aliphatic carbocycles. The van der Waals surface area contributed by atoms with Crippen molar-refractivity contribution in [2.75, 3.05) is 13.2 Å². The van der Waals surface area contributed by atoms with Crippen LogP contribution in [0.5, 0.6) is 11.5 Å². The number of fused-ring (bicyclic) bond motifs is 1. The number of benzene rings is 1. The molecule has 2 N–H and O–H groups in total. The van der Waals surface area contributed by atoms with Crippen LogP contribution in [0.3, 0.4) is 0 Å². The van der Waals surface area contributed by atoms with Gasteiger partial charge >= 0.3 is 0 Å². The van der Waals surface area contributed by atoms with Gasteiger partial charge in [-0.1, -0.05) is 6.07 Å². The first-order valence-corrected chi connectivity index (χ1v) is 5.39. The average molecular weight is 258 g/mol. The lowest BCUT2D eigenvalue weighted by atomic mass is 10.2. The number of hydrogen-bond donors (Lipinski definition) is 1. The second-order valence-electron chi connectivity index (χ2n) is 3.12. The topological polar surface area (TPSA) is 44.5 Å². The predicted molar refractivity (Wildman–Crippen MR) is 57.6 cm³/mol. The lowest BCUT2D eigenvalue weighted by Crippen LogP contribution is -2.02. The summed E-state index contributed by atoms with van der Waals surface area (Å²) in [6.07, 6.45) is 0.908. The second kappa shape index (κ2) is 4.19. The van der Waals surface area contributed by atoms with Crippen LogP contribution in [0.1, 0.15) is 12.0 Å². The van der Waals surface area contributed by atoms with E-state index in [4.69, 9.17) is 15.2 Å². The molecule has 14 heavy (non-hydrogen) atoms. The second-order valence-corrected chi connectivity index (χ2v) is 3.97. The molecule has 0 saturated carbocycles. The van der Waals surface area contributed by atoms with Crippen molar-refractivity contribution in [1.29, 1.82) is 0 Å². The molecule has 1 heterocycles. The molecule has 4 heteroatoms. The minimum absolute atomic E-state index is 0.471. The van der Waals surface area contributed by atoms with Crippen LogP contribution in [0.4, 0.5) is 0 Å². The molecule has 0 spiro atoms. The van der Waals surface area contributed by atoms with Crippen molar-refractivity contribution >= 4 is 15.9 Å². The fraction of sp³-hybridized carbons (Fsp3) is 0.400. The Hall–Kier alpha value is -0.740. The Morgan fingerprint density at radius 2 is 1.93 bits per heavy atom. The van der Waals surface area contributed by atoms with Crippen LogP contribution in [0, 0.1) is 0 Å². The first-order chi connectivity index (χ1) is 6.83. The predicted octanol–water partition coefficient (Wildman–Crippen LogP) is 2.07. The molecule has 0 saturated heterocycles. The molecule has 0 bridgehead atoms. The number of nitrogens with two attached hydrogens (primary N) is 1. The molecule has 0 atom stereocenters. The molecule has 76 valence electrons. The van der Waals surface area contributed by atoms with Crippen molar-refractivity contribution in [1.82, 2.24) is 0 Å². The summed E-state index contributed by atoms with van der Waals surface area (Å²) in [5.41, 5.74) is 6.61. The molecule has 1 aliphatic rings. The quantitative estimate of drug-likeness (QED) is 0.838. The van der Waals surface area contributed by atoms with Gasteiger partial charge in [0, 0.05) is 18.5 Å². The molecule has 1 aromatic carbocycles. The highest BCUT2D eigenvalue weighted by Crippen LogP contribution is 2.39. The van der Waals surface area contributed by atoms with Gasteiger partial charge in [-0.05, 0) is 22.0 Å². The van der Waals surface area contributed by atoms with E-state index in [0.717, 1.165) is 28.0 Å². The summed E-state index contributed by atoms with van der Waals surface area (Å²) in [6, 6.07) is 3.90. The third-order valence-corrected chi connectivity index (χ3v) is 2.77. The molecule has 2 rings (SSSR count). The fourth-order valence-corrected chi connectivity index (χ4v) is 1.87. The first kappa shape index (κ1) is 9.80. The summed E-state index contributed by atoms with van der Waals surface area (Å²) >= 11 is 3.43. The maximum absolute atomic E-state index is 5.62. The van der Waals surface area contributed by atoms with Gasteiger partial charge in [-0.25, -0.2) is 0 Å². The third-order valence-electron chi connectivity index (χ3n) is 2.15.